The van der Waals surface area contributed by atoms with Gasteiger partial charge in [-0.3, -0.25) is 14.0 Å². The normalized spacial score (nSPS) is 15.5. The second-order valence-corrected chi connectivity index (χ2v) is 8.19. The number of anilines is 1. The van der Waals surface area contributed by atoms with E-state index in [1.54, 1.807) is 12.1 Å². The van der Waals surface area contributed by atoms with Crippen molar-refractivity contribution in [1.29, 1.82) is 0 Å². The molecule has 0 spiro atoms. The van der Waals surface area contributed by atoms with E-state index in [2.05, 4.69) is 10.2 Å². The number of hydrogen-bond donors (Lipinski definition) is 1. The lowest BCUT2D eigenvalue weighted by atomic mass is 10.1. The molecule has 0 radical (unpaired) electrons. The summed E-state index contributed by atoms with van der Waals surface area (Å²) < 4.78 is 35.1. The van der Waals surface area contributed by atoms with Crippen LogP contribution in [-0.2, 0) is 14.8 Å². The lowest BCUT2D eigenvalue weighted by Gasteiger charge is -2.26. The van der Waals surface area contributed by atoms with Crippen molar-refractivity contribution in [3.05, 3.63) is 23.8 Å². The fourth-order valence-electron chi connectivity index (χ4n) is 2.69. The molecule has 0 aliphatic carbocycles. The average molecular weight is 385 g/mol. The second-order valence-electron chi connectivity index (χ2n) is 6.18. The topological polar surface area (TPSA) is 88.2 Å². The van der Waals surface area contributed by atoms with Crippen LogP contribution in [0.15, 0.2) is 18.2 Å². The van der Waals surface area contributed by atoms with E-state index < -0.39 is 10.0 Å². The number of sulfonamides is 1. The summed E-state index contributed by atoms with van der Waals surface area (Å²) in [5.74, 6) is 0.119. The molecule has 0 atom stereocenters. The highest BCUT2D eigenvalue weighted by molar-refractivity contribution is 7.92. The number of nitrogens with one attached hydrogen (secondary N) is 1. The van der Waals surface area contributed by atoms with Crippen molar-refractivity contribution >= 4 is 21.6 Å². The van der Waals surface area contributed by atoms with Crippen LogP contribution in [0.5, 0.6) is 5.75 Å². The first-order chi connectivity index (χ1) is 12.3. The van der Waals surface area contributed by atoms with Gasteiger partial charge in [-0.1, -0.05) is 0 Å². The van der Waals surface area contributed by atoms with Crippen LogP contribution >= 0.6 is 0 Å². The number of amides is 1. The van der Waals surface area contributed by atoms with Gasteiger partial charge in [0.1, 0.15) is 5.75 Å². The van der Waals surface area contributed by atoms with E-state index in [0.717, 1.165) is 49.8 Å². The number of nitrogens with zero attached hydrogens (tertiary/aromatic N) is 2. The van der Waals surface area contributed by atoms with Crippen molar-refractivity contribution in [2.45, 2.75) is 6.42 Å². The first kappa shape index (κ1) is 20.5. The van der Waals surface area contributed by atoms with Crippen molar-refractivity contribution < 1.29 is 22.7 Å². The van der Waals surface area contributed by atoms with Gasteiger partial charge < -0.3 is 14.8 Å². The molecular formula is C17H27N3O5S. The summed E-state index contributed by atoms with van der Waals surface area (Å²) in [6.07, 6.45) is 1.94. The SMILES string of the molecule is COc1ccc(N(C)S(C)(=O)=O)cc1C(=O)NCCCN1CCOCC1. The van der Waals surface area contributed by atoms with Crippen LogP contribution in [0.1, 0.15) is 16.8 Å². The van der Waals surface area contributed by atoms with Gasteiger partial charge >= 0.3 is 0 Å². The maximum Gasteiger partial charge on any atom is 0.255 e. The quantitative estimate of drug-likeness (QED) is 0.658. The van der Waals surface area contributed by atoms with Crippen molar-refractivity contribution in [1.82, 2.24) is 10.2 Å². The number of rotatable bonds is 8. The van der Waals surface area contributed by atoms with Crippen LogP contribution in [0.4, 0.5) is 5.69 Å². The predicted molar refractivity (Wildman–Crippen MR) is 100 cm³/mol. The van der Waals surface area contributed by atoms with Crippen LogP contribution in [0.3, 0.4) is 0 Å². The Kier molecular flexibility index (Phi) is 7.24. The highest BCUT2D eigenvalue weighted by Crippen LogP contribution is 2.25. The molecule has 26 heavy (non-hydrogen) atoms. The highest BCUT2D eigenvalue weighted by Gasteiger charge is 2.18. The summed E-state index contributed by atoms with van der Waals surface area (Å²) >= 11 is 0. The lowest BCUT2D eigenvalue weighted by Crippen LogP contribution is -2.38. The Morgan fingerprint density at radius 2 is 2.04 bits per heavy atom. The van der Waals surface area contributed by atoms with Crippen molar-refractivity contribution in [3.63, 3.8) is 0 Å². The first-order valence-electron chi connectivity index (χ1n) is 8.53. The fraction of sp³-hybridized carbons (Fsp3) is 0.588. The van der Waals surface area contributed by atoms with Gasteiger partial charge in [-0.05, 0) is 31.2 Å². The van der Waals surface area contributed by atoms with Gasteiger partial charge in [-0.2, -0.15) is 0 Å². The van der Waals surface area contributed by atoms with Gasteiger partial charge in [0.25, 0.3) is 5.91 Å². The average Bonchev–Trinajstić information content (AvgIpc) is 2.64. The van der Waals surface area contributed by atoms with E-state index in [-0.39, 0.29) is 5.91 Å². The van der Waals surface area contributed by atoms with Crippen molar-refractivity contribution in [2.24, 2.45) is 0 Å². The molecule has 1 saturated heterocycles. The van der Waals surface area contributed by atoms with Gasteiger partial charge in [-0.15, -0.1) is 0 Å². The molecule has 9 heteroatoms. The predicted octanol–water partition coefficient (Wildman–Crippen LogP) is 0.543. The summed E-state index contributed by atoms with van der Waals surface area (Å²) in [6, 6.07) is 4.73. The molecule has 0 unspecified atom stereocenters. The molecule has 0 aromatic heterocycles. The molecule has 1 heterocycles. The Morgan fingerprint density at radius 3 is 2.65 bits per heavy atom. The molecule has 0 bridgehead atoms. The van der Waals surface area contributed by atoms with Gasteiger partial charge in [0.15, 0.2) is 0 Å². The standard InChI is InChI=1S/C17H27N3O5S/c1-19(26(3,22)23)14-5-6-16(24-2)15(13-14)17(21)18-7-4-8-20-9-11-25-12-10-20/h5-6,13H,4,7-12H2,1-3H3,(H,18,21). The van der Waals surface area contributed by atoms with Crippen LogP contribution < -0.4 is 14.4 Å². The van der Waals surface area contributed by atoms with Crippen LogP contribution in [-0.4, -0.2) is 79.0 Å². The smallest absolute Gasteiger partial charge is 0.255 e. The molecule has 1 aliphatic rings. The molecular weight excluding hydrogens is 358 g/mol. The Balaban J connectivity index is 1.97. The number of benzene rings is 1. The number of methoxy groups -OCH3 is 1. The molecule has 1 aliphatic heterocycles. The molecule has 1 amide bonds. The Morgan fingerprint density at radius 1 is 1.35 bits per heavy atom. The lowest BCUT2D eigenvalue weighted by molar-refractivity contribution is 0.0374. The summed E-state index contributed by atoms with van der Waals surface area (Å²) in [5, 5.41) is 2.87. The fourth-order valence-corrected chi connectivity index (χ4v) is 3.18. The number of ether oxygens (including phenoxy) is 2. The molecule has 2 rings (SSSR count). The summed E-state index contributed by atoms with van der Waals surface area (Å²) in [6.45, 7) is 4.78. The van der Waals surface area contributed by atoms with E-state index in [1.165, 1.54) is 20.2 Å². The third-order valence-electron chi connectivity index (χ3n) is 4.33. The van der Waals surface area contributed by atoms with Gasteiger partial charge in [0.05, 0.1) is 37.8 Å². The minimum absolute atomic E-state index is 0.285. The van der Waals surface area contributed by atoms with Gasteiger partial charge in [-0.25, -0.2) is 8.42 Å². The Hall–Kier alpha value is -1.84. The zero-order chi connectivity index (χ0) is 19.2. The van der Waals surface area contributed by atoms with Gasteiger partial charge in [0.2, 0.25) is 10.0 Å². The zero-order valence-electron chi connectivity index (χ0n) is 15.5. The summed E-state index contributed by atoms with van der Waals surface area (Å²) in [4.78, 5) is 14.8. The third kappa shape index (κ3) is 5.58. The zero-order valence-corrected chi connectivity index (χ0v) is 16.3. The van der Waals surface area contributed by atoms with Gasteiger partial charge in [0, 0.05) is 26.7 Å². The maximum absolute atomic E-state index is 12.5. The summed E-state index contributed by atoms with van der Waals surface area (Å²) in [7, 11) is -0.484. The van der Waals surface area contributed by atoms with E-state index in [1.807, 2.05) is 0 Å². The minimum atomic E-state index is -3.41. The molecule has 1 aromatic carbocycles. The minimum Gasteiger partial charge on any atom is -0.496 e. The number of carbonyl (C=O) groups excluding carboxylic acids is 1. The van der Waals surface area contributed by atoms with Crippen molar-refractivity contribution in [2.75, 3.05) is 64.1 Å². The van der Waals surface area contributed by atoms with E-state index >= 15 is 0 Å². The van der Waals surface area contributed by atoms with E-state index in [4.69, 9.17) is 9.47 Å². The number of morpholine rings is 1. The second kappa shape index (κ2) is 9.20. The Bertz CT molecular complexity index is 717. The van der Waals surface area contributed by atoms with Crippen LogP contribution in [0.2, 0.25) is 0 Å². The number of hydrogen-bond acceptors (Lipinski definition) is 6. The molecule has 8 nitrogen and oxygen atoms in total. The maximum atomic E-state index is 12.5. The van der Waals surface area contributed by atoms with E-state index in [0.29, 0.717) is 23.5 Å². The summed E-state index contributed by atoms with van der Waals surface area (Å²) in [5.41, 5.74) is 0.721. The number of carbonyl (C=O) groups is 1. The van der Waals surface area contributed by atoms with Crippen LogP contribution in [0, 0.1) is 0 Å². The third-order valence-corrected chi connectivity index (χ3v) is 5.53. The van der Waals surface area contributed by atoms with Crippen molar-refractivity contribution in [3.8, 4) is 5.75 Å². The molecule has 1 fully saturated rings. The first-order valence-corrected chi connectivity index (χ1v) is 10.4. The molecule has 1 aromatic rings. The Labute approximate surface area is 155 Å². The largest absolute Gasteiger partial charge is 0.496 e. The molecule has 1 N–H and O–H groups in total. The monoisotopic (exact) mass is 385 g/mol. The van der Waals surface area contributed by atoms with Crippen LogP contribution in [0.25, 0.3) is 0 Å². The molecule has 146 valence electrons. The highest BCUT2D eigenvalue weighted by atomic mass is 32.2. The molecule has 0 saturated carbocycles. The van der Waals surface area contributed by atoms with E-state index in [9.17, 15) is 13.2 Å².